The van der Waals surface area contributed by atoms with E-state index in [1.54, 1.807) is 12.1 Å². The van der Waals surface area contributed by atoms with Crippen LogP contribution in [0.5, 0.6) is 0 Å². The first kappa shape index (κ1) is 21.2. The summed E-state index contributed by atoms with van der Waals surface area (Å²) >= 11 is 7.40. The summed E-state index contributed by atoms with van der Waals surface area (Å²) in [4.78, 5) is 12.3. The zero-order chi connectivity index (χ0) is 21.6. The van der Waals surface area contributed by atoms with Crippen LogP contribution in [-0.4, -0.2) is 33.0 Å². The van der Waals surface area contributed by atoms with E-state index >= 15 is 0 Å². The fraction of sp³-hybridized carbons (Fsp3) is 0.174. The molecule has 1 N–H and O–H groups in total. The first-order valence-corrected chi connectivity index (χ1v) is 11.2. The summed E-state index contributed by atoms with van der Waals surface area (Å²) in [5, 5.41) is 13.7. The maximum absolute atomic E-state index is 12.3. The van der Waals surface area contributed by atoms with E-state index in [1.807, 2.05) is 53.1 Å². The van der Waals surface area contributed by atoms with E-state index in [0.29, 0.717) is 34.9 Å². The molecule has 2 heterocycles. The average molecular weight is 453 g/mol. The van der Waals surface area contributed by atoms with Gasteiger partial charge in [-0.3, -0.25) is 9.36 Å². The van der Waals surface area contributed by atoms with Gasteiger partial charge < -0.3 is 9.73 Å². The number of aromatic nitrogens is 3. The molecule has 0 radical (unpaired) electrons. The highest BCUT2D eigenvalue weighted by atomic mass is 35.5. The summed E-state index contributed by atoms with van der Waals surface area (Å²) in [5.74, 6) is 1.37. The molecular formula is C23H21ClN4O2S. The fourth-order valence-corrected chi connectivity index (χ4v) is 4.13. The standard InChI is InChI=1S/C23H21ClN4O2S/c1-2-12-28-22(20-14-17-13-18(24)8-9-19(17)30-20)26-27-23(28)31-15-21(29)25-11-10-16-6-4-3-5-7-16/h2-9,13-14H,1,10-12,15H2,(H,25,29). The number of carbonyl (C=O) groups is 1. The smallest absolute Gasteiger partial charge is 0.230 e. The van der Waals surface area contributed by atoms with Crippen LogP contribution in [0.25, 0.3) is 22.6 Å². The minimum Gasteiger partial charge on any atom is -0.453 e. The molecule has 2 aromatic carbocycles. The van der Waals surface area contributed by atoms with Crippen LogP contribution in [0, 0.1) is 0 Å². The van der Waals surface area contributed by atoms with Crippen molar-refractivity contribution in [2.24, 2.45) is 0 Å². The third kappa shape index (κ3) is 5.18. The van der Waals surface area contributed by atoms with Crippen molar-refractivity contribution in [2.75, 3.05) is 12.3 Å². The molecule has 0 atom stereocenters. The molecule has 0 aliphatic rings. The van der Waals surface area contributed by atoms with Crippen molar-refractivity contribution in [3.8, 4) is 11.6 Å². The number of amides is 1. The Morgan fingerprint density at radius 3 is 2.84 bits per heavy atom. The molecule has 2 aromatic heterocycles. The van der Waals surface area contributed by atoms with Crippen LogP contribution >= 0.6 is 23.4 Å². The van der Waals surface area contributed by atoms with Crippen LogP contribution in [0.3, 0.4) is 0 Å². The second kappa shape index (κ2) is 9.85. The molecule has 0 saturated carbocycles. The van der Waals surface area contributed by atoms with Gasteiger partial charge in [0.2, 0.25) is 11.7 Å². The number of rotatable bonds is 9. The van der Waals surface area contributed by atoms with Crippen LogP contribution < -0.4 is 5.32 Å². The summed E-state index contributed by atoms with van der Waals surface area (Å²) in [7, 11) is 0. The SMILES string of the molecule is C=CCn1c(SCC(=O)NCCc2ccccc2)nnc1-c1cc2cc(Cl)ccc2o1. The van der Waals surface area contributed by atoms with E-state index < -0.39 is 0 Å². The van der Waals surface area contributed by atoms with Gasteiger partial charge in [-0.15, -0.1) is 16.8 Å². The first-order valence-electron chi connectivity index (χ1n) is 9.81. The zero-order valence-electron chi connectivity index (χ0n) is 16.8. The number of halogens is 1. The molecule has 1 amide bonds. The van der Waals surface area contributed by atoms with Gasteiger partial charge in [-0.05, 0) is 36.2 Å². The van der Waals surface area contributed by atoms with E-state index in [4.69, 9.17) is 16.0 Å². The summed E-state index contributed by atoms with van der Waals surface area (Å²) in [6.45, 7) is 4.91. The van der Waals surface area contributed by atoms with Gasteiger partial charge in [0, 0.05) is 23.5 Å². The van der Waals surface area contributed by atoms with Crippen molar-refractivity contribution in [1.29, 1.82) is 0 Å². The number of thioether (sulfide) groups is 1. The number of furan rings is 1. The van der Waals surface area contributed by atoms with Crippen LogP contribution in [0.1, 0.15) is 5.56 Å². The molecule has 6 nitrogen and oxygen atoms in total. The summed E-state index contributed by atoms with van der Waals surface area (Å²) in [5.41, 5.74) is 1.91. The molecular weight excluding hydrogens is 432 g/mol. The molecule has 4 aromatic rings. The first-order chi connectivity index (χ1) is 15.1. The zero-order valence-corrected chi connectivity index (χ0v) is 18.3. The van der Waals surface area contributed by atoms with E-state index in [0.717, 1.165) is 17.4 Å². The number of benzene rings is 2. The van der Waals surface area contributed by atoms with Crippen molar-refractivity contribution in [1.82, 2.24) is 20.1 Å². The highest BCUT2D eigenvalue weighted by molar-refractivity contribution is 7.99. The van der Waals surface area contributed by atoms with Gasteiger partial charge in [0.05, 0.1) is 5.75 Å². The Labute approximate surface area is 189 Å². The van der Waals surface area contributed by atoms with Crippen LogP contribution in [0.4, 0.5) is 0 Å². The lowest BCUT2D eigenvalue weighted by molar-refractivity contribution is -0.118. The summed E-state index contributed by atoms with van der Waals surface area (Å²) in [6.07, 6.45) is 2.56. The summed E-state index contributed by atoms with van der Waals surface area (Å²) < 4.78 is 7.81. The Kier molecular flexibility index (Phi) is 6.74. The Morgan fingerprint density at radius 1 is 1.19 bits per heavy atom. The highest BCUT2D eigenvalue weighted by Crippen LogP contribution is 2.30. The van der Waals surface area contributed by atoms with E-state index in [1.165, 1.54) is 17.3 Å². The van der Waals surface area contributed by atoms with Gasteiger partial charge in [0.25, 0.3) is 0 Å². The number of fused-ring (bicyclic) bond motifs is 1. The number of carbonyl (C=O) groups excluding carboxylic acids is 1. The van der Waals surface area contributed by atoms with Crippen LogP contribution in [0.2, 0.25) is 5.02 Å². The van der Waals surface area contributed by atoms with Gasteiger partial charge in [-0.2, -0.15) is 0 Å². The van der Waals surface area contributed by atoms with Gasteiger partial charge in [-0.25, -0.2) is 0 Å². The Balaban J connectivity index is 1.42. The van der Waals surface area contributed by atoms with Gasteiger partial charge in [0.1, 0.15) is 5.58 Å². The third-order valence-corrected chi connectivity index (χ3v) is 5.84. The molecule has 0 fully saturated rings. The second-order valence-corrected chi connectivity index (χ2v) is 8.25. The fourth-order valence-electron chi connectivity index (χ4n) is 3.17. The monoisotopic (exact) mass is 452 g/mol. The van der Waals surface area contributed by atoms with E-state index in [9.17, 15) is 4.79 Å². The van der Waals surface area contributed by atoms with Crippen molar-refractivity contribution in [3.05, 3.63) is 77.8 Å². The lowest BCUT2D eigenvalue weighted by Crippen LogP contribution is -2.27. The van der Waals surface area contributed by atoms with Crippen molar-refractivity contribution in [3.63, 3.8) is 0 Å². The predicted octanol–water partition coefficient (Wildman–Crippen LogP) is 4.98. The number of allylic oxidation sites excluding steroid dienone is 1. The van der Waals surface area contributed by atoms with Crippen LogP contribution in [0.15, 0.2) is 76.8 Å². The highest BCUT2D eigenvalue weighted by Gasteiger charge is 2.18. The number of hydrogen-bond donors (Lipinski definition) is 1. The van der Waals surface area contributed by atoms with E-state index in [2.05, 4.69) is 22.1 Å². The van der Waals surface area contributed by atoms with Crippen molar-refractivity contribution >= 4 is 40.2 Å². The molecule has 4 rings (SSSR count). The maximum Gasteiger partial charge on any atom is 0.230 e. The topological polar surface area (TPSA) is 73.0 Å². The van der Waals surface area contributed by atoms with E-state index in [-0.39, 0.29) is 11.7 Å². The van der Waals surface area contributed by atoms with Crippen molar-refractivity contribution in [2.45, 2.75) is 18.1 Å². The Hall–Kier alpha value is -3.03. The molecule has 0 aliphatic carbocycles. The van der Waals surface area contributed by atoms with Gasteiger partial charge in [-0.1, -0.05) is 59.8 Å². The van der Waals surface area contributed by atoms with Crippen LogP contribution in [-0.2, 0) is 17.8 Å². The van der Waals surface area contributed by atoms with Crippen molar-refractivity contribution < 1.29 is 9.21 Å². The number of nitrogens with zero attached hydrogens (tertiary/aromatic N) is 3. The molecule has 31 heavy (non-hydrogen) atoms. The summed E-state index contributed by atoms with van der Waals surface area (Å²) in [6, 6.07) is 17.4. The molecule has 0 spiro atoms. The van der Waals surface area contributed by atoms with Gasteiger partial charge in [0.15, 0.2) is 10.9 Å². The minimum atomic E-state index is -0.0472. The lowest BCUT2D eigenvalue weighted by Gasteiger charge is -2.07. The minimum absolute atomic E-state index is 0.0472. The lowest BCUT2D eigenvalue weighted by atomic mass is 10.1. The maximum atomic E-state index is 12.3. The average Bonchev–Trinajstić information content (AvgIpc) is 3.36. The molecule has 158 valence electrons. The largest absolute Gasteiger partial charge is 0.453 e. The molecule has 0 unspecified atom stereocenters. The predicted molar refractivity (Wildman–Crippen MR) is 124 cm³/mol. The third-order valence-electron chi connectivity index (χ3n) is 4.64. The molecule has 0 bridgehead atoms. The normalized spacial score (nSPS) is 11.0. The number of nitrogens with one attached hydrogen (secondary N) is 1. The number of hydrogen-bond acceptors (Lipinski definition) is 5. The molecule has 0 saturated heterocycles. The molecule has 0 aliphatic heterocycles. The second-order valence-electron chi connectivity index (χ2n) is 6.87. The quantitative estimate of drug-likeness (QED) is 0.286. The van der Waals surface area contributed by atoms with Gasteiger partial charge >= 0.3 is 0 Å². The Morgan fingerprint density at radius 2 is 2.03 bits per heavy atom. The Bertz CT molecular complexity index is 1200. The molecule has 8 heteroatoms.